The van der Waals surface area contributed by atoms with Crippen LogP contribution in [-0.4, -0.2) is 46.6 Å². The highest BCUT2D eigenvalue weighted by molar-refractivity contribution is 5.99. The zero-order chi connectivity index (χ0) is 28.4. The molecule has 0 aliphatic carbocycles. The standard InChI is InChI=1S/C25H23F7N4O3/c26-20-11-17(3-6-21(20)35-22(37)34-19-12-33-39-14-19)16-7-9-36(10-8-16)13-15-1-4-18(5-2-15)23(38,24(27,28)29)25(30,31)32/h1-6,11-12,14,16,38H,7-10,13H2,(H2,34,35,37). The maximum absolute atomic E-state index is 14.6. The van der Waals surface area contributed by atoms with Crippen molar-refractivity contribution < 1.29 is 45.2 Å². The van der Waals surface area contributed by atoms with Crippen molar-refractivity contribution in [1.82, 2.24) is 10.1 Å². The molecule has 39 heavy (non-hydrogen) atoms. The van der Waals surface area contributed by atoms with Crippen LogP contribution in [0.25, 0.3) is 0 Å². The number of hydrogen-bond acceptors (Lipinski definition) is 5. The van der Waals surface area contributed by atoms with E-state index in [4.69, 9.17) is 0 Å². The third-order valence-corrected chi connectivity index (χ3v) is 6.59. The average molecular weight is 560 g/mol. The Balaban J connectivity index is 1.32. The van der Waals surface area contributed by atoms with Crippen LogP contribution in [0.4, 0.5) is 46.9 Å². The second kappa shape index (κ2) is 10.8. The van der Waals surface area contributed by atoms with E-state index in [0.29, 0.717) is 49.3 Å². The number of aromatic nitrogens is 1. The van der Waals surface area contributed by atoms with Crippen molar-refractivity contribution in [3.8, 4) is 0 Å². The fraction of sp³-hybridized carbons (Fsp3) is 0.360. The number of halogens is 7. The van der Waals surface area contributed by atoms with Crippen molar-refractivity contribution in [3.05, 3.63) is 77.4 Å². The molecule has 0 saturated carbocycles. The highest BCUT2D eigenvalue weighted by Crippen LogP contribution is 2.50. The number of aliphatic hydroxyl groups is 1. The van der Waals surface area contributed by atoms with E-state index in [1.54, 1.807) is 6.07 Å². The molecule has 3 aromatic rings. The summed E-state index contributed by atoms with van der Waals surface area (Å²) < 4.78 is 97.7. The molecule has 2 amide bonds. The molecule has 0 unspecified atom stereocenters. The van der Waals surface area contributed by atoms with Crippen LogP contribution >= 0.6 is 0 Å². The average Bonchev–Trinajstić information content (AvgIpc) is 3.37. The molecule has 1 saturated heterocycles. The normalized spacial score (nSPS) is 15.8. The summed E-state index contributed by atoms with van der Waals surface area (Å²) in [6.45, 7) is 1.40. The largest absolute Gasteiger partial charge is 0.430 e. The summed E-state index contributed by atoms with van der Waals surface area (Å²) in [4.78, 5) is 14.0. The van der Waals surface area contributed by atoms with Gasteiger partial charge in [0.15, 0.2) is 0 Å². The molecule has 1 aromatic heterocycles. The molecule has 7 nitrogen and oxygen atoms in total. The van der Waals surface area contributed by atoms with Gasteiger partial charge in [-0.3, -0.25) is 4.90 Å². The molecule has 14 heteroatoms. The Kier molecular flexibility index (Phi) is 7.89. The van der Waals surface area contributed by atoms with Gasteiger partial charge < -0.3 is 20.3 Å². The number of likely N-dealkylation sites (tertiary alicyclic amines) is 1. The number of rotatable bonds is 6. The number of carbonyl (C=O) groups excluding carboxylic acids is 1. The number of alkyl halides is 6. The van der Waals surface area contributed by atoms with E-state index in [9.17, 15) is 40.6 Å². The van der Waals surface area contributed by atoms with Gasteiger partial charge in [-0.05, 0) is 55.1 Å². The maximum atomic E-state index is 14.6. The molecule has 1 aliphatic rings. The van der Waals surface area contributed by atoms with Crippen molar-refractivity contribution in [2.45, 2.75) is 43.3 Å². The second-order valence-electron chi connectivity index (χ2n) is 9.18. The Morgan fingerprint density at radius 1 is 1.00 bits per heavy atom. The van der Waals surface area contributed by atoms with Gasteiger partial charge in [-0.25, -0.2) is 9.18 Å². The molecule has 0 atom stereocenters. The highest BCUT2D eigenvalue weighted by Gasteiger charge is 2.71. The van der Waals surface area contributed by atoms with Gasteiger partial charge in [0.05, 0.1) is 11.9 Å². The van der Waals surface area contributed by atoms with E-state index in [1.165, 1.54) is 24.6 Å². The van der Waals surface area contributed by atoms with E-state index >= 15 is 0 Å². The van der Waals surface area contributed by atoms with E-state index in [1.807, 2.05) is 4.90 Å². The Morgan fingerprint density at radius 2 is 1.64 bits per heavy atom. The first-order valence-electron chi connectivity index (χ1n) is 11.7. The van der Waals surface area contributed by atoms with Gasteiger partial charge in [0, 0.05) is 12.1 Å². The minimum absolute atomic E-state index is 0.0171. The van der Waals surface area contributed by atoms with Gasteiger partial charge in [0.25, 0.3) is 5.60 Å². The quantitative estimate of drug-likeness (QED) is 0.315. The molecular weight excluding hydrogens is 537 g/mol. The van der Waals surface area contributed by atoms with Crippen molar-refractivity contribution in [3.63, 3.8) is 0 Å². The summed E-state index contributed by atoms with van der Waals surface area (Å²) in [5, 5.41) is 17.8. The summed E-state index contributed by atoms with van der Waals surface area (Å²) in [5.74, 6) is -0.597. The minimum atomic E-state index is -5.94. The van der Waals surface area contributed by atoms with E-state index in [-0.39, 0.29) is 18.2 Å². The molecule has 0 spiro atoms. The SMILES string of the molecule is O=C(Nc1cnoc1)Nc1ccc(C2CCN(Cc3ccc(C(O)(C(F)(F)F)C(F)(F)F)cc3)CC2)cc1F. The highest BCUT2D eigenvalue weighted by atomic mass is 19.4. The molecule has 0 bridgehead atoms. The number of amides is 2. The third kappa shape index (κ3) is 6.17. The lowest BCUT2D eigenvalue weighted by molar-refractivity contribution is -0.376. The first-order valence-corrected chi connectivity index (χ1v) is 11.7. The monoisotopic (exact) mass is 560 g/mol. The van der Waals surface area contributed by atoms with Crippen LogP contribution in [-0.2, 0) is 12.1 Å². The number of piperidine rings is 1. The van der Waals surface area contributed by atoms with Crippen LogP contribution in [0.2, 0.25) is 0 Å². The molecule has 0 radical (unpaired) electrons. The molecule has 1 fully saturated rings. The molecule has 3 N–H and O–H groups in total. The van der Waals surface area contributed by atoms with Crippen LogP contribution in [0.1, 0.15) is 35.4 Å². The molecule has 4 rings (SSSR count). The fourth-order valence-electron chi connectivity index (χ4n) is 4.46. The Bertz CT molecular complexity index is 1260. The second-order valence-corrected chi connectivity index (χ2v) is 9.18. The van der Waals surface area contributed by atoms with E-state index < -0.39 is 35.4 Å². The van der Waals surface area contributed by atoms with E-state index in [2.05, 4.69) is 20.3 Å². The Morgan fingerprint density at radius 3 is 2.18 bits per heavy atom. The predicted octanol–water partition coefficient (Wildman–Crippen LogP) is 6.15. The topological polar surface area (TPSA) is 90.6 Å². The minimum Gasteiger partial charge on any atom is -0.369 e. The number of benzene rings is 2. The Hall–Kier alpha value is -3.65. The Labute approximate surface area is 217 Å². The number of nitrogens with zero attached hydrogens (tertiary/aromatic N) is 2. The number of carbonyl (C=O) groups is 1. The molecule has 2 heterocycles. The molecular formula is C25H23F7N4O3. The van der Waals surface area contributed by atoms with Gasteiger partial charge in [0.2, 0.25) is 0 Å². The number of hydrogen-bond donors (Lipinski definition) is 3. The van der Waals surface area contributed by atoms with Gasteiger partial charge in [0.1, 0.15) is 17.8 Å². The van der Waals surface area contributed by atoms with Gasteiger partial charge in [-0.2, -0.15) is 26.3 Å². The lowest BCUT2D eigenvalue weighted by atomic mass is 9.89. The van der Waals surface area contributed by atoms with Crippen molar-refractivity contribution in [1.29, 1.82) is 0 Å². The van der Waals surface area contributed by atoms with Crippen molar-refractivity contribution in [2.24, 2.45) is 0 Å². The zero-order valence-corrected chi connectivity index (χ0v) is 20.1. The van der Waals surface area contributed by atoms with Crippen LogP contribution < -0.4 is 10.6 Å². The maximum Gasteiger partial charge on any atom is 0.430 e. The van der Waals surface area contributed by atoms with Crippen molar-refractivity contribution >= 4 is 17.4 Å². The molecule has 2 aromatic carbocycles. The van der Waals surface area contributed by atoms with E-state index in [0.717, 1.165) is 17.7 Å². The zero-order valence-electron chi connectivity index (χ0n) is 20.1. The summed E-state index contributed by atoms with van der Waals surface area (Å²) in [6, 6.07) is 7.36. The summed E-state index contributed by atoms with van der Waals surface area (Å²) in [7, 11) is 0. The first kappa shape index (κ1) is 28.4. The molecule has 1 aliphatic heterocycles. The summed E-state index contributed by atoms with van der Waals surface area (Å²) >= 11 is 0. The number of nitrogens with one attached hydrogen (secondary N) is 2. The molecule has 210 valence electrons. The van der Waals surface area contributed by atoms with Crippen LogP contribution in [0.5, 0.6) is 0 Å². The van der Waals surface area contributed by atoms with Gasteiger partial charge in [-0.15, -0.1) is 0 Å². The van der Waals surface area contributed by atoms with Crippen LogP contribution in [0.15, 0.2) is 59.4 Å². The van der Waals surface area contributed by atoms with Gasteiger partial charge >= 0.3 is 18.4 Å². The van der Waals surface area contributed by atoms with Crippen LogP contribution in [0.3, 0.4) is 0 Å². The number of anilines is 2. The van der Waals surface area contributed by atoms with Crippen LogP contribution in [0, 0.1) is 5.82 Å². The predicted molar refractivity (Wildman–Crippen MR) is 125 cm³/mol. The third-order valence-electron chi connectivity index (χ3n) is 6.59. The summed E-state index contributed by atoms with van der Waals surface area (Å²) in [5.41, 5.74) is -4.76. The lowest BCUT2D eigenvalue weighted by Crippen LogP contribution is -2.53. The van der Waals surface area contributed by atoms with Gasteiger partial charge in [-0.1, -0.05) is 35.5 Å². The fourth-order valence-corrected chi connectivity index (χ4v) is 4.46. The van der Waals surface area contributed by atoms with Crippen molar-refractivity contribution in [2.75, 3.05) is 23.7 Å². The first-order chi connectivity index (χ1) is 18.3. The summed E-state index contributed by atoms with van der Waals surface area (Å²) in [6.07, 6.45) is -8.11. The lowest BCUT2D eigenvalue weighted by Gasteiger charge is -2.33. The smallest absolute Gasteiger partial charge is 0.369 e. The number of urea groups is 1.